The predicted octanol–water partition coefficient (Wildman–Crippen LogP) is 4.53. The Morgan fingerprint density at radius 1 is 1.05 bits per heavy atom. The van der Waals surface area contributed by atoms with Crippen molar-refractivity contribution >= 4 is 23.7 Å². The monoisotopic (exact) mass is 593 g/mol. The topological polar surface area (TPSA) is 147 Å². The molecule has 1 amide bonds. The maximum Gasteiger partial charge on any atom is 0.407 e. The van der Waals surface area contributed by atoms with E-state index in [9.17, 15) is 14.4 Å². The molecule has 4 rings (SSSR count). The minimum absolute atomic E-state index is 0.0332. The van der Waals surface area contributed by atoms with Gasteiger partial charge in [0.2, 0.25) is 0 Å². The van der Waals surface area contributed by atoms with Gasteiger partial charge < -0.3 is 25.3 Å². The minimum Gasteiger partial charge on any atom is -0.464 e. The fraction of sp³-hybridized carbons (Fsp3) is 0.531. The molecule has 1 aromatic carbocycles. The lowest BCUT2D eigenvalue weighted by Crippen LogP contribution is -2.31. The third-order valence-electron chi connectivity index (χ3n) is 7.70. The summed E-state index contributed by atoms with van der Waals surface area (Å²) in [5, 5.41) is 7.30. The van der Waals surface area contributed by atoms with Crippen molar-refractivity contribution in [3.05, 3.63) is 64.6 Å². The van der Waals surface area contributed by atoms with Gasteiger partial charge in [-0.1, -0.05) is 45.0 Å². The van der Waals surface area contributed by atoms with E-state index in [0.717, 1.165) is 72.2 Å². The maximum atomic E-state index is 12.6. The Balaban J connectivity index is 1.20. The molecular formula is C32H43N5O6. The highest BCUT2D eigenvalue weighted by molar-refractivity contribution is 6.01. The number of amides is 1. The third kappa shape index (κ3) is 9.17. The fourth-order valence-electron chi connectivity index (χ4n) is 5.36. The SMILES string of the molecule is CC(C)COC(=O)Cn1ncc2c1CCC[C@H]2NC(=O)OCc1ccc(COC(=O)CN=C2CCC[C@H](C)C2=CN)cc1. The number of hydrogen-bond donors (Lipinski definition) is 2. The van der Waals surface area contributed by atoms with Gasteiger partial charge in [0, 0.05) is 17.0 Å². The molecule has 0 aliphatic heterocycles. The molecule has 11 nitrogen and oxygen atoms in total. The van der Waals surface area contributed by atoms with Crippen LogP contribution in [0.1, 0.15) is 81.3 Å². The molecule has 1 heterocycles. The number of benzene rings is 1. The molecule has 1 fully saturated rings. The number of alkyl carbamates (subject to hydrolysis) is 1. The molecule has 43 heavy (non-hydrogen) atoms. The molecule has 0 radical (unpaired) electrons. The molecule has 0 bridgehead atoms. The van der Waals surface area contributed by atoms with E-state index in [2.05, 4.69) is 22.3 Å². The summed E-state index contributed by atoms with van der Waals surface area (Å²) in [6, 6.07) is 7.10. The van der Waals surface area contributed by atoms with Crippen LogP contribution in [0, 0.1) is 11.8 Å². The summed E-state index contributed by atoms with van der Waals surface area (Å²) in [5.41, 5.74) is 11.1. The number of fused-ring (bicyclic) bond motifs is 1. The summed E-state index contributed by atoms with van der Waals surface area (Å²) in [5.74, 6) is -0.0991. The molecule has 2 aliphatic rings. The summed E-state index contributed by atoms with van der Waals surface area (Å²) in [6.07, 6.45) is 8.11. The van der Waals surface area contributed by atoms with Crippen molar-refractivity contribution in [2.75, 3.05) is 13.2 Å². The molecule has 2 aliphatic carbocycles. The second kappa shape index (κ2) is 15.4. The number of nitrogens with one attached hydrogen (secondary N) is 1. The van der Waals surface area contributed by atoms with Crippen LogP contribution in [0.5, 0.6) is 0 Å². The first-order valence-electron chi connectivity index (χ1n) is 15.1. The van der Waals surface area contributed by atoms with Crippen molar-refractivity contribution in [2.45, 2.75) is 85.1 Å². The largest absolute Gasteiger partial charge is 0.464 e. The Kier molecular flexibility index (Phi) is 11.4. The average Bonchev–Trinajstić information content (AvgIpc) is 3.40. The zero-order valence-corrected chi connectivity index (χ0v) is 25.3. The van der Waals surface area contributed by atoms with Crippen LogP contribution in [-0.4, -0.2) is 46.7 Å². The Morgan fingerprint density at radius 2 is 1.74 bits per heavy atom. The van der Waals surface area contributed by atoms with Crippen molar-refractivity contribution in [2.24, 2.45) is 22.6 Å². The van der Waals surface area contributed by atoms with Gasteiger partial charge in [0.15, 0.2) is 0 Å². The zero-order chi connectivity index (χ0) is 30.8. The number of carbonyl (C=O) groups is 3. The molecule has 0 saturated heterocycles. The fourth-order valence-corrected chi connectivity index (χ4v) is 5.36. The van der Waals surface area contributed by atoms with E-state index in [1.807, 2.05) is 38.1 Å². The first-order chi connectivity index (χ1) is 20.7. The summed E-state index contributed by atoms with van der Waals surface area (Å²) in [7, 11) is 0. The zero-order valence-electron chi connectivity index (χ0n) is 25.3. The highest BCUT2D eigenvalue weighted by Crippen LogP contribution is 2.30. The van der Waals surface area contributed by atoms with Gasteiger partial charge in [-0.25, -0.2) is 4.79 Å². The molecule has 3 N–H and O–H groups in total. The van der Waals surface area contributed by atoms with Gasteiger partial charge in [-0.2, -0.15) is 5.10 Å². The van der Waals surface area contributed by atoms with Gasteiger partial charge in [0.25, 0.3) is 0 Å². The summed E-state index contributed by atoms with van der Waals surface area (Å²) < 4.78 is 17.8. The molecule has 11 heteroatoms. The van der Waals surface area contributed by atoms with E-state index in [-0.39, 0.29) is 44.2 Å². The van der Waals surface area contributed by atoms with E-state index < -0.39 is 12.1 Å². The number of aliphatic imine (C=N–C) groups is 1. The van der Waals surface area contributed by atoms with Crippen LogP contribution in [-0.2, 0) is 50.0 Å². The van der Waals surface area contributed by atoms with Crippen LogP contribution in [0.15, 0.2) is 47.2 Å². The Bertz CT molecular complexity index is 1330. The molecule has 1 saturated carbocycles. The lowest BCUT2D eigenvalue weighted by molar-refractivity contribution is -0.146. The molecule has 2 aromatic rings. The first kappa shape index (κ1) is 31.8. The number of rotatable bonds is 11. The standard InChI is InChI=1S/C32H43N5O6/c1-21(2)18-41-31(39)17-37-29-9-5-8-28(26(29)15-35-37)36-32(40)43-20-24-12-10-23(11-13-24)19-42-30(38)16-34-27-7-4-6-22(3)25(27)14-33/h10-15,21-22,28H,4-9,16-20,33H2,1-3H3,(H,36,40)/t22-,28+/m0/s1. The number of nitrogens with two attached hydrogens (primary N) is 1. The Hall–Kier alpha value is -4.15. The number of ether oxygens (including phenoxy) is 3. The summed E-state index contributed by atoms with van der Waals surface area (Å²) in [6.45, 7) is 6.71. The van der Waals surface area contributed by atoms with Gasteiger partial charge in [-0.15, -0.1) is 0 Å². The van der Waals surface area contributed by atoms with Crippen molar-refractivity contribution in [1.29, 1.82) is 0 Å². The molecule has 0 unspecified atom stereocenters. The lowest BCUT2D eigenvalue weighted by Gasteiger charge is -2.24. The quantitative estimate of drug-likeness (QED) is 0.285. The average molecular weight is 594 g/mol. The maximum absolute atomic E-state index is 12.6. The number of allylic oxidation sites excluding steroid dienone is 1. The Labute approximate surface area is 252 Å². The molecule has 1 aromatic heterocycles. The smallest absolute Gasteiger partial charge is 0.407 e. The number of hydrogen-bond acceptors (Lipinski definition) is 9. The lowest BCUT2D eigenvalue weighted by atomic mass is 9.84. The van der Waals surface area contributed by atoms with Gasteiger partial charge in [0.05, 0.1) is 18.8 Å². The normalized spacial score (nSPS) is 20.1. The van der Waals surface area contributed by atoms with Crippen molar-refractivity contribution in [3.8, 4) is 0 Å². The van der Waals surface area contributed by atoms with Crippen LogP contribution in [0.2, 0.25) is 0 Å². The minimum atomic E-state index is -0.526. The van der Waals surface area contributed by atoms with Gasteiger partial charge in [-0.3, -0.25) is 19.3 Å². The number of esters is 2. The van der Waals surface area contributed by atoms with Crippen LogP contribution in [0.3, 0.4) is 0 Å². The Morgan fingerprint density at radius 3 is 2.44 bits per heavy atom. The highest BCUT2D eigenvalue weighted by Gasteiger charge is 2.27. The van der Waals surface area contributed by atoms with Crippen LogP contribution < -0.4 is 11.1 Å². The van der Waals surface area contributed by atoms with E-state index >= 15 is 0 Å². The van der Waals surface area contributed by atoms with Crippen LogP contribution in [0.25, 0.3) is 0 Å². The van der Waals surface area contributed by atoms with Gasteiger partial charge in [0.1, 0.15) is 26.3 Å². The summed E-state index contributed by atoms with van der Waals surface area (Å²) >= 11 is 0. The van der Waals surface area contributed by atoms with Crippen molar-refractivity contribution < 1.29 is 28.6 Å². The van der Waals surface area contributed by atoms with Gasteiger partial charge >= 0.3 is 18.0 Å². The van der Waals surface area contributed by atoms with Crippen LogP contribution >= 0.6 is 0 Å². The molecule has 0 spiro atoms. The van der Waals surface area contributed by atoms with Crippen molar-refractivity contribution in [1.82, 2.24) is 15.1 Å². The molecule has 232 valence electrons. The number of carbonyl (C=O) groups excluding carboxylic acids is 3. The second-order valence-corrected chi connectivity index (χ2v) is 11.6. The third-order valence-corrected chi connectivity index (χ3v) is 7.70. The van der Waals surface area contributed by atoms with E-state index in [4.69, 9.17) is 19.9 Å². The van der Waals surface area contributed by atoms with E-state index in [0.29, 0.717) is 12.5 Å². The van der Waals surface area contributed by atoms with E-state index in [1.54, 1.807) is 17.1 Å². The molecule has 2 atom stereocenters. The number of aromatic nitrogens is 2. The summed E-state index contributed by atoms with van der Waals surface area (Å²) in [4.78, 5) is 41.5. The number of nitrogens with zero attached hydrogens (tertiary/aromatic N) is 3. The highest BCUT2D eigenvalue weighted by atomic mass is 16.5. The molecular weight excluding hydrogens is 550 g/mol. The predicted molar refractivity (Wildman–Crippen MR) is 161 cm³/mol. The second-order valence-electron chi connectivity index (χ2n) is 11.6. The van der Waals surface area contributed by atoms with Crippen molar-refractivity contribution in [3.63, 3.8) is 0 Å². The van der Waals surface area contributed by atoms with Crippen LogP contribution in [0.4, 0.5) is 4.79 Å². The first-order valence-corrected chi connectivity index (χ1v) is 15.1. The van der Waals surface area contributed by atoms with Gasteiger partial charge in [-0.05, 0) is 73.3 Å². The van der Waals surface area contributed by atoms with E-state index in [1.165, 1.54) is 0 Å².